The summed E-state index contributed by atoms with van der Waals surface area (Å²) in [7, 11) is 5.67. The number of hydrogen-bond donors (Lipinski definition) is 2. The second-order valence-corrected chi connectivity index (χ2v) is 7.04. The van der Waals surface area contributed by atoms with Gasteiger partial charge in [0.1, 0.15) is 11.5 Å². The molecule has 1 amide bonds. The van der Waals surface area contributed by atoms with Crippen LogP contribution in [0.3, 0.4) is 0 Å². The number of rotatable bonds is 7. The van der Waals surface area contributed by atoms with Gasteiger partial charge in [0.05, 0.1) is 13.2 Å². The zero-order valence-electron chi connectivity index (χ0n) is 15.5. The number of carbonyl (C=O) groups is 1. The van der Waals surface area contributed by atoms with E-state index in [1.807, 2.05) is 50.5 Å². The summed E-state index contributed by atoms with van der Waals surface area (Å²) in [6.07, 6.45) is 0.867. The lowest BCUT2D eigenvalue weighted by Crippen LogP contribution is -2.35. The van der Waals surface area contributed by atoms with E-state index in [4.69, 9.17) is 4.74 Å². The maximum absolute atomic E-state index is 12.5. The van der Waals surface area contributed by atoms with Crippen LogP contribution < -0.4 is 10.1 Å². The van der Waals surface area contributed by atoms with Crippen molar-refractivity contribution in [2.24, 2.45) is 5.92 Å². The monoisotopic (exact) mass is 354 g/mol. The lowest BCUT2D eigenvalue weighted by molar-refractivity contribution is -0.122. The second kappa shape index (κ2) is 7.79. The number of methoxy groups -OCH3 is 1. The first-order valence-corrected chi connectivity index (χ1v) is 8.86. The van der Waals surface area contributed by atoms with Crippen LogP contribution in [0.5, 0.6) is 11.5 Å². The maximum atomic E-state index is 12.5. The molecule has 0 heterocycles. The predicted octanol–water partition coefficient (Wildman–Crippen LogP) is 2.92. The normalized spacial score (nSPS) is 19.8. The summed E-state index contributed by atoms with van der Waals surface area (Å²) >= 11 is 0. The van der Waals surface area contributed by atoms with Crippen LogP contribution in [0.1, 0.15) is 29.5 Å². The van der Waals surface area contributed by atoms with E-state index in [0.717, 1.165) is 23.3 Å². The zero-order chi connectivity index (χ0) is 18.7. The number of phenols is 1. The molecule has 2 aromatic carbocycles. The van der Waals surface area contributed by atoms with Gasteiger partial charge in [-0.3, -0.25) is 4.79 Å². The molecule has 2 N–H and O–H groups in total. The van der Waals surface area contributed by atoms with Crippen molar-refractivity contribution in [2.75, 3.05) is 27.7 Å². The Morgan fingerprint density at radius 3 is 2.42 bits per heavy atom. The largest absolute Gasteiger partial charge is 0.508 e. The van der Waals surface area contributed by atoms with E-state index in [1.54, 1.807) is 19.2 Å². The van der Waals surface area contributed by atoms with Crippen molar-refractivity contribution < 1.29 is 14.6 Å². The molecule has 0 aliphatic heterocycles. The fourth-order valence-corrected chi connectivity index (χ4v) is 3.33. The van der Waals surface area contributed by atoms with Gasteiger partial charge in [0.25, 0.3) is 0 Å². The molecule has 0 radical (unpaired) electrons. The third-order valence-electron chi connectivity index (χ3n) is 5.04. The van der Waals surface area contributed by atoms with Gasteiger partial charge in [0, 0.05) is 12.5 Å². The Balaban J connectivity index is 1.57. The average Bonchev–Trinajstić information content (AvgIpc) is 3.43. The molecule has 3 rings (SSSR count). The van der Waals surface area contributed by atoms with Gasteiger partial charge >= 0.3 is 0 Å². The second-order valence-electron chi connectivity index (χ2n) is 7.04. The van der Waals surface area contributed by atoms with Gasteiger partial charge in [-0.05, 0) is 61.8 Å². The molecule has 3 atom stereocenters. The average molecular weight is 354 g/mol. The van der Waals surface area contributed by atoms with E-state index in [-0.39, 0.29) is 29.5 Å². The van der Waals surface area contributed by atoms with Crippen molar-refractivity contribution in [1.82, 2.24) is 10.2 Å². The van der Waals surface area contributed by atoms with Gasteiger partial charge < -0.3 is 20.1 Å². The number of nitrogens with one attached hydrogen (secondary N) is 1. The van der Waals surface area contributed by atoms with Gasteiger partial charge in [-0.25, -0.2) is 0 Å². The van der Waals surface area contributed by atoms with Crippen molar-refractivity contribution in [2.45, 2.75) is 18.4 Å². The van der Waals surface area contributed by atoms with E-state index < -0.39 is 0 Å². The van der Waals surface area contributed by atoms with Gasteiger partial charge in [-0.2, -0.15) is 0 Å². The van der Waals surface area contributed by atoms with Crippen LogP contribution in [-0.4, -0.2) is 43.7 Å². The van der Waals surface area contributed by atoms with Gasteiger partial charge in [0.15, 0.2) is 0 Å². The number of likely N-dealkylation sites (N-methyl/N-ethyl adjacent to an activating group) is 1. The highest BCUT2D eigenvalue weighted by molar-refractivity contribution is 5.83. The Kier molecular flexibility index (Phi) is 5.47. The SMILES string of the molecule is COc1ccc(C(CNC(=O)C2CC2c2ccc(O)cc2)N(C)C)cc1. The molecule has 0 saturated heterocycles. The molecule has 1 aliphatic carbocycles. The van der Waals surface area contributed by atoms with Gasteiger partial charge in [0.2, 0.25) is 5.91 Å². The van der Waals surface area contributed by atoms with E-state index in [9.17, 15) is 9.90 Å². The molecule has 1 fully saturated rings. The van der Waals surface area contributed by atoms with Crippen molar-refractivity contribution in [3.8, 4) is 11.5 Å². The molecular weight excluding hydrogens is 328 g/mol. The number of nitrogens with zero attached hydrogens (tertiary/aromatic N) is 1. The minimum absolute atomic E-state index is 0.0261. The van der Waals surface area contributed by atoms with Crippen molar-refractivity contribution in [3.05, 3.63) is 59.7 Å². The van der Waals surface area contributed by atoms with Crippen molar-refractivity contribution in [1.29, 1.82) is 0 Å². The quantitative estimate of drug-likeness (QED) is 0.803. The summed E-state index contributed by atoms with van der Waals surface area (Å²) < 4.78 is 5.21. The molecular formula is C21H26N2O3. The van der Waals surface area contributed by atoms with Crippen LogP contribution in [0.4, 0.5) is 0 Å². The number of amides is 1. The number of aromatic hydroxyl groups is 1. The van der Waals surface area contributed by atoms with Crippen LogP contribution in [0, 0.1) is 5.92 Å². The van der Waals surface area contributed by atoms with E-state index in [0.29, 0.717) is 6.54 Å². The van der Waals surface area contributed by atoms with Gasteiger partial charge in [-0.15, -0.1) is 0 Å². The molecule has 0 spiro atoms. The molecule has 138 valence electrons. The van der Waals surface area contributed by atoms with Crippen molar-refractivity contribution >= 4 is 5.91 Å². The molecule has 2 aromatic rings. The van der Waals surface area contributed by atoms with Crippen LogP contribution in [0.2, 0.25) is 0 Å². The Morgan fingerprint density at radius 1 is 1.19 bits per heavy atom. The number of ether oxygens (including phenoxy) is 1. The first kappa shape index (κ1) is 18.3. The molecule has 3 unspecified atom stereocenters. The Bertz CT molecular complexity index is 741. The van der Waals surface area contributed by atoms with Crippen LogP contribution >= 0.6 is 0 Å². The summed E-state index contributed by atoms with van der Waals surface area (Å²) in [5, 5.41) is 12.5. The summed E-state index contributed by atoms with van der Waals surface area (Å²) in [6, 6.07) is 15.2. The van der Waals surface area contributed by atoms with Crippen molar-refractivity contribution in [3.63, 3.8) is 0 Å². The summed E-state index contributed by atoms with van der Waals surface area (Å²) in [4.78, 5) is 14.6. The van der Waals surface area contributed by atoms with Crippen LogP contribution in [-0.2, 0) is 4.79 Å². The molecule has 5 heteroatoms. The molecule has 1 saturated carbocycles. The summed E-state index contributed by atoms with van der Waals surface area (Å²) in [5.74, 6) is 1.46. The van der Waals surface area contributed by atoms with E-state index in [1.165, 1.54) is 0 Å². The molecule has 26 heavy (non-hydrogen) atoms. The van der Waals surface area contributed by atoms with Crippen LogP contribution in [0.25, 0.3) is 0 Å². The Hall–Kier alpha value is -2.53. The topological polar surface area (TPSA) is 61.8 Å². The molecule has 5 nitrogen and oxygen atoms in total. The highest BCUT2D eigenvalue weighted by Crippen LogP contribution is 2.47. The minimum Gasteiger partial charge on any atom is -0.508 e. The molecule has 1 aliphatic rings. The number of hydrogen-bond acceptors (Lipinski definition) is 4. The maximum Gasteiger partial charge on any atom is 0.223 e. The first-order valence-electron chi connectivity index (χ1n) is 8.86. The third kappa shape index (κ3) is 4.17. The lowest BCUT2D eigenvalue weighted by atomic mass is 10.1. The highest BCUT2D eigenvalue weighted by Gasteiger charge is 2.43. The number of carbonyl (C=O) groups excluding carboxylic acids is 1. The van der Waals surface area contributed by atoms with Crippen LogP contribution in [0.15, 0.2) is 48.5 Å². The molecule has 0 bridgehead atoms. The highest BCUT2D eigenvalue weighted by atomic mass is 16.5. The fraction of sp³-hybridized carbons (Fsp3) is 0.381. The molecule has 0 aromatic heterocycles. The van der Waals surface area contributed by atoms with E-state index >= 15 is 0 Å². The fourth-order valence-electron chi connectivity index (χ4n) is 3.33. The minimum atomic E-state index is 0.0261. The zero-order valence-corrected chi connectivity index (χ0v) is 15.5. The lowest BCUT2D eigenvalue weighted by Gasteiger charge is -2.25. The smallest absolute Gasteiger partial charge is 0.223 e. The summed E-state index contributed by atoms with van der Waals surface area (Å²) in [5.41, 5.74) is 2.25. The van der Waals surface area contributed by atoms with Gasteiger partial charge in [-0.1, -0.05) is 24.3 Å². The third-order valence-corrected chi connectivity index (χ3v) is 5.04. The Morgan fingerprint density at radius 2 is 1.85 bits per heavy atom. The standard InChI is InChI=1S/C21H26N2O3/c1-23(2)20(15-6-10-17(26-3)11-7-15)13-22-21(25)19-12-18(19)14-4-8-16(24)9-5-14/h4-11,18-20,24H,12-13H2,1-3H3,(H,22,25). The Labute approximate surface area is 154 Å². The predicted molar refractivity (Wildman–Crippen MR) is 101 cm³/mol. The number of phenolic OH excluding ortho intramolecular Hbond substituents is 1. The number of benzene rings is 2. The summed E-state index contributed by atoms with van der Waals surface area (Å²) in [6.45, 7) is 0.566. The first-order chi connectivity index (χ1) is 12.5. The van der Waals surface area contributed by atoms with E-state index in [2.05, 4.69) is 10.2 Å².